The van der Waals surface area contributed by atoms with E-state index in [0.29, 0.717) is 15.7 Å². The Balaban J connectivity index is 3.09. The number of rotatable bonds is 2. The fourth-order valence-corrected chi connectivity index (χ4v) is 1.32. The second kappa shape index (κ2) is 3.74. The average Bonchev–Trinajstić information content (AvgIpc) is 2.03. The molecule has 0 bridgehead atoms. The number of benzene rings is 1. The van der Waals surface area contributed by atoms with Gasteiger partial charge in [-0.05, 0) is 18.2 Å². The highest BCUT2D eigenvalue weighted by atomic mass is 35.5. The van der Waals surface area contributed by atoms with E-state index in [9.17, 15) is 4.91 Å². The quantitative estimate of drug-likeness (QED) is 0.548. The minimum absolute atomic E-state index is 0.407. The lowest BCUT2D eigenvalue weighted by Crippen LogP contribution is -2.06. The van der Waals surface area contributed by atoms with E-state index in [1.807, 2.05) is 0 Å². The van der Waals surface area contributed by atoms with Gasteiger partial charge in [-0.1, -0.05) is 23.2 Å². The fourth-order valence-electron chi connectivity index (χ4n) is 0.788. The zero-order valence-electron chi connectivity index (χ0n) is 6.29. The third kappa shape index (κ3) is 1.87. The maximum absolute atomic E-state index is 10.1. The third-order valence-electron chi connectivity index (χ3n) is 1.38. The summed E-state index contributed by atoms with van der Waals surface area (Å²) in [6.07, 6.45) is 0. The second-order valence-corrected chi connectivity index (χ2v) is 3.04. The fraction of sp³-hybridized carbons (Fsp3) is 0.143. The molecule has 5 heteroatoms. The zero-order valence-corrected chi connectivity index (χ0v) is 7.80. The van der Waals surface area contributed by atoms with E-state index in [0.717, 1.165) is 5.01 Å². The van der Waals surface area contributed by atoms with Gasteiger partial charge in [0.15, 0.2) is 0 Å². The molecule has 0 aliphatic carbocycles. The number of hydrogen-bond acceptors (Lipinski definition) is 2. The summed E-state index contributed by atoms with van der Waals surface area (Å²) in [6, 6.07) is 4.83. The van der Waals surface area contributed by atoms with E-state index >= 15 is 0 Å². The highest BCUT2D eigenvalue weighted by molar-refractivity contribution is 6.36. The van der Waals surface area contributed by atoms with E-state index in [4.69, 9.17) is 23.2 Å². The third-order valence-corrected chi connectivity index (χ3v) is 1.92. The minimum atomic E-state index is 0.407. The van der Waals surface area contributed by atoms with Crippen LogP contribution in [0.1, 0.15) is 0 Å². The number of hydrogen-bond donors (Lipinski definition) is 0. The number of anilines is 1. The van der Waals surface area contributed by atoms with Gasteiger partial charge >= 0.3 is 0 Å². The van der Waals surface area contributed by atoms with Gasteiger partial charge < -0.3 is 0 Å². The van der Waals surface area contributed by atoms with Crippen LogP contribution in [0.4, 0.5) is 5.69 Å². The van der Waals surface area contributed by atoms with Crippen molar-refractivity contribution in [3.8, 4) is 0 Å². The Kier molecular flexibility index (Phi) is 2.89. The van der Waals surface area contributed by atoms with Crippen molar-refractivity contribution < 1.29 is 0 Å². The predicted octanol–water partition coefficient (Wildman–Crippen LogP) is 3.11. The molecule has 0 aliphatic heterocycles. The Morgan fingerprint density at radius 1 is 1.42 bits per heavy atom. The van der Waals surface area contributed by atoms with Gasteiger partial charge in [0, 0.05) is 12.1 Å². The molecule has 3 nitrogen and oxygen atoms in total. The van der Waals surface area contributed by atoms with Gasteiger partial charge in [-0.3, -0.25) is 0 Å². The molecule has 0 saturated carbocycles. The lowest BCUT2D eigenvalue weighted by Gasteiger charge is -2.09. The summed E-state index contributed by atoms with van der Waals surface area (Å²) >= 11 is 11.4. The van der Waals surface area contributed by atoms with Crippen molar-refractivity contribution in [2.45, 2.75) is 0 Å². The highest BCUT2D eigenvalue weighted by Gasteiger charge is 2.05. The van der Waals surface area contributed by atoms with E-state index in [-0.39, 0.29) is 0 Å². The minimum Gasteiger partial charge on any atom is -0.231 e. The number of halogens is 2. The molecule has 0 fully saturated rings. The maximum Gasteiger partial charge on any atom is 0.0810 e. The summed E-state index contributed by atoms with van der Waals surface area (Å²) in [4.78, 5) is 10.1. The van der Waals surface area contributed by atoms with Crippen LogP contribution in [0.3, 0.4) is 0 Å². The van der Waals surface area contributed by atoms with Crippen LogP contribution in [0.5, 0.6) is 0 Å². The molecule has 1 aromatic carbocycles. The molecule has 0 N–H and O–H groups in total. The van der Waals surface area contributed by atoms with Crippen LogP contribution in [0.15, 0.2) is 23.5 Å². The average molecular weight is 205 g/mol. The first-order valence-electron chi connectivity index (χ1n) is 3.17. The number of nitroso groups, excluding NO2 is 1. The van der Waals surface area contributed by atoms with Crippen molar-refractivity contribution >= 4 is 28.9 Å². The molecule has 0 radical (unpaired) electrons. The molecule has 0 aromatic heterocycles. The Hall–Kier alpha value is -0.800. The van der Waals surface area contributed by atoms with E-state index in [2.05, 4.69) is 5.29 Å². The molecule has 0 amide bonds. The van der Waals surface area contributed by atoms with Gasteiger partial charge in [0.05, 0.1) is 16.0 Å². The van der Waals surface area contributed by atoms with Crippen LogP contribution in [0.25, 0.3) is 0 Å². The van der Waals surface area contributed by atoms with Crippen LogP contribution in [0.2, 0.25) is 10.0 Å². The molecule has 0 saturated heterocycles. The van der Waals surface area contributed by atoms with Gasteiger partial charge in [-0.2, -0.15) is 0 Å². The summed E-state index contributed by atoms with van der Waals surface area (Å²) < 4.78 is 0. The molecule has 1 rings (SSSR count). The van der Waals surface area contributed by atoms with Crippen molar-refractivity contribution in [3.63, 3.8) is 0 Å². The smallest absolute Gasteiger partial charge is 0.0810 e. The SMILES string of the molecule is CN(N=O)c1ccc(Cl)cc1Cl. The molecule has 0 atom stereocenters. The first kappa shape index (κ1) is 9.29. The van der Waals surface area contributed by atoms with E-state index < -0.39 is 0 Å². The molecule has 1 aromatic rings. The summed E-state index contributed by atoms with van der Waals surface area (Å²) in [6.45, 7) is 0. The van der Waals surface area contributed by atoms with Crippen molar-refractivity contribution in [1.82, 2.24) is 0 Å². The van der Waals surface area contributed by atoms with Crippen molar-refractivity contribution in [2.24, 2.45) is 5.29 Å². The van der Waals surface area contributed by atoms with Gasteiger partial charge in [-0.25, -0.2) is 5.01 Å². The second-order valence-electron chi connectivity index (χ2n) is 2.20. The Labute approximate surface area is 79.8 Å². The van der Waals surface area contributed by atoms with Crippen LogP contribution in [0, 0.1) is 4.91 Å². The van der Waals surface area contributed by atoms with Gasteiger partial charge in [0.1, 0.15) is 0 Å². The van der Waals surface area contributed by atoms with Crippen LogP contribution < -0.4 is 5.01 Å². The summed E-state index contributed by atoms with van der Waals surface area (Å²) in [5.74, 6) is 0. The first-order valence-corrected chi connectivity index (χ1v) is 3.93. The molecular weight excluding hydrogens is 199 g/mol. The van der Waals surface area contributed by atoms with Crippen LogP contribution in [-0.2, 0) is 0 Å². The summed E-state index contributed by atoms with van der Waals surface area (Å²) in [7, 11) is 1.52. The Morgan fingerprint density at radius 3 is 2.58 bits per heavy atom. The van der Waals surface area contributed by atoms with Gasteiger partial charge in [0.25, 0.3) is 0 Å². The molecule has 0 aliphatic rings. The molecule has 12 heavy (non-hydrogen) atoms. The lowest BCUT2D eigenvalue weighted by atomic mass is 10.3. The standard InChI is InChI=1S/C7H6Cl2N2O/c1-11(10-12)7-3-2-5(8)4-6(7)9/h2-4H,1H3. The molecule has 0 unspecified atom stereocenters. The Morgan fingerprint density at radius 2 is 2.08 bits per heavy atom. The van der Waals surface area contributed by atoms with Crippen LogP contribution >= 0.6 is 23.2 Å². The summed E-state index contributed by atoms with van der Waals surface area (Å²) in [5.41, 5.74) is 0.538. The summed E-state index contributed by atoms with van der Waals surface area (Å²) in [5, 5.41) is 4.78. The molecule has 64 valence electrons. The molecular formula is C7H6Cl2N2O. The zero-order chi connectivity index (χ0) is 9.14. The van der Waals surface area contributed by atoms with Crippen molar-refractivity contribution in [3.05, 3.63) is 33.2 Å². The van der Waals surface area contributed by atoms with Crippen molar-refractivity contribution in [1.29, 1.82) is 0 Å². The first-order chi connectivity index (χ1) is 5.65. The Bertz CT molecular complexity index is 303. The molecule has 0 heterocycles. The monoisotopic (exact) mass is 204 g/mol. The van der Waals surface area contributed by atoms with Gasteiger partial charge in [-0.15, -0.1) is 4.91 Å². The van der Waals surface area contributed by atoms with Crippen LogP contribution in [-0.4, -0.2) is 7.05 Å². The largest absolute Gasteiger partial charge is 0.231 e. The van der Waals surface area contributed by atoms with Gasteiger partial charge in [0.2, 0.25) is 0 Å². The lowest BCUT2D eigenvalue weighted by molar-refractivity contribution is 1.00. The molecule has 0 spiro atoms. The topological polar surface area (TPSA) is 32.7 Å². The van der Waals surface area contributed by atoms with E-state index in [1.54, 1.807) is 18.2 Å². The van der Waals surface area contributed by atoms with Crippen molar-refractivity contribution in [2.75, 3.05) is 12.1 Å². The predicted molar refractivity (Wildman–Crippen MR) is 50.7 cm³/mol. The highest BCUT2D eigenvalue weighted by Crippen LogP contribution is 2.27. The number of nitrogens with zero attached hydrogens (tertiary/aromatic N) is 2. The maximum atomic E-state index is 10.1. The van der Waals surface area contributed by atoms with E-state index in [1.165, 1.54) is 7.05 Å². The normalized spacial score (nSPS) is 9.58.